The first kappa shape index (κ1) is 24.7. The first-order valence-electron chi connectivity index (χ1n) is 12.0. The number of hydrogen-bond donors (Lipinski definition) is 2. The number of unbranched alkanes of at least 4 members (excludes halogenated alkanes) is 2. The molecule has 0 fully saturated rings. The van der Waals surface area contributed by atoms with E-state index in [9.17, 15) is 13.2 Å². The lowest BCUT2D eigenvalue weighted by molar-refractivity contribution is -0.121. The van der Waals surface area contributed by atoms with E-state index in [1.165, 1.54) is 11.1 Å². The van der Waals surface area contributed by atoms with Crippen LogP contribution < -0.4 is 10.0 Å². The van der Waals surface area contributed by atoms with Crippen LogP contribution in [0.4, 0.5) is 0 Å². The van der Waals surface area contributed by atoms with Gasteiger partial charge < -0.3 is 5.32 Å². The Labute approximate surface area is 207 Å². The standard InChI is InChI=1S/C28H31N3O3S/c1-21(27(22-13-5-2-6-14-22)23-15-7-3-8-16-23)30-26(32)19-9-4-12-20-29-28-24-17-10-11-18-25(24)35(33,34)31-28/h2-3,5-8,10-11,13-18,21,27H,4,9,12,19-20H2,1H3,(H,29,31)(H,30,32). The Morgan fingerprint density at radius 2 is 1.46 bits per heavy atom. The lowest BCUT2D eigenvalue weighted by Gasteiger charge is -2.26. The number of aliphatic imine (C=N–C) groups is 1. The average Bonchev–Trinajstić information content (AvgIpc) is 3.13. The maximum Gasteiger partial charge on any atom is 0.263 e. The van der Waals surface area contributed by atoms with Crippen LogP contribution in [0.1, 0.15) is 55.2 Å². The van der Waals surface area contributed by atoms with Crippen LogP contribution in [0.2, 0.25) is 0 Å². The zero-order chi connectivity index (χ0) is 24.7. The third-order valence-corrected chi connectivity index (χ3v) is 7.60. The van der Waals surface area contributed by atoms with E-state index in [-0.39, 0.29) is 22.8 Å². The third kappa shape index (κ3) is 6.17. The van der Waals surface area contributed by atoms with Crippen molar-refractivity contribution in [2.75, 3.05) is 6.54 Å². The number of fused-ring (bicyclic) bond motifs is 1. The van der Waals surface area contributed by atoms with Gasteiger partial charge in [0.1, 0.15) is 5.84 Å². The van der Waals surface area contributed by atoms with E-state index in [0.29, 0.717) is 24.4 Å². The van der Waals surface area contributed by atoms with Gasteiger partial charge in [-0.1, -0.05) is 79.2 Å². The van der Waals surface area contributed by atoms with Crippen molar-refractivity contribution in [2.45, 2.75) is 49.5 Å². The highest BCUT2D eigenvalue weighted by atomic mass is 32.2. The number of rotatable bonds is 10. The number of amidine groups is 1. The summed E-state index contributed by atoms with van der Waals surface area (Å²) in [5.74, 6) is 0.522. The topological polar surface area (TPSA) is 87.6 Å². The molecule has 6 nitrogen and oxygen atoms in total. The van der Waals surface area contributed by atoms with Gasteiger partial charge in [-0.3, -0.25) is 14.5 Å². The second kappa shape index (κ2) is 11.3. The number of sulfonamides is 1. The largest absolute Gasteiger partial charge is 0.353 e. The van der Waals surface area contributed by atoms with Crippen LogP contribution in [-0.2, 0) is 14.8 Å². The molecule has 3 aromatic carbocycles. The maximum absolute atomic E-state index is 12.7. The molecular weight excluding hydrogens is 458 g/mol. The Kier molecular flexibility index (Phi) is 7.98. The Bertz CT molecular complexity index is 1240. The molecule has 1 amide bonds. The van der Waals surface area contributed by atoms with Gasteiger partial charge in [-0.15, -0.1) is 0 Å². The first-order chi connectivity index (χ1) is 17.0. The molecule has 0 radical (unpaired) electrons. The van der Waals surface area contributed by atoms with Gasteiger partial charge in [0.2, 0.25) is 5.91 Å². The van der Waals surface area contributed by atoms with Gasteiger partial charge in [-0.2, -0.15) is 0 Å². The fourth-order valence-electron chi connectivity index (χ4n) is 4.52. The van der Waals surface area contributed by atoms with E-state index >= 15 is 0 Å². The van der Waals surface area contributed by atoms with Crippen LogP contribution in [0.3, 0.4) is 0 Å². The fourth-order valence-corrected chi connectivity index (χ4v) is 5.77. The molecule has 0 saturated heterocycles. The molecule has 4 rings (SSSR count). The third-order valence-electron chi connectivity index (χ3n) is 6.20. The molecule has 1 unspecified atom stereocenters. The highest BCUT2D eigenvalue weighted by Crippen LogP contribution is 2.28. The van der Waals surface area contributed by atoms with Crippen molar-refractivity contribution in [3.8, 4) is 0 Å². The number of hydrogen-bond acceptors (Lipinski definition) is 4. The Morgan fingerprint density at radius 1 is 0.857 bits per heavy atom. The summed E-state index contributed by atoms with van der Waals surface area (Å²) in [6.45, 7) is 2.56. The molecule has 1 heterocycles. The predicted molar refractivity (Wildman–Crippen MR) is 139 cm³/mol. The van der Waals surface area contributed by atoms with Crippen molar-refractivity contribution in [1.29, 1.82) is 0 Å². The monoisotopic (exact) mass is 489 g/mol. The zero-order valence-corrected chi connectivity index (χ0v) is 20.7. The number of carbonyl (C=O) groups excluding carboxylic acids is 1. The summed E-state index contributed by atoms with van der Waals surface area (Å²) >= 11 is 0. The normalized spacial score (nSPS) is 16.0. The van der Waals surface area contributed by atoms with Gasteiger partial charge >= 0.3 is 0 Å². The minimum atomic E-state index is -3.51. The molecule has 1 aliphatic heterocycles. The molecule has 182 valence electrons. The zero-order valence-electron chi connectivity index (χ0n) is 19.9. The average molecular weight is 490 g/mol. The highest BCUT2D eigenvalue weighted by molar-refractivity contribution is 7.90. The van der Waals surface area contributed by atoms with Crippen LogP contribution in [0.25, 0.3) is 0 Å². The molecule has 1 aliphatic rings. The summed E-state index contributed by atoms with van der Waals surface area (Å²) in [6.07, 6.45) is 2.83. The predicted octanol–water partition coefficient (Wildman–Crippen LogP) is 4.62. The summed E-state index contributed by atoms with van der Waals surface area (Å²) in [4.78, 5) is 17.4. The molecular formula is C28H31N3O3S. The van der Waals surface area contributed by atoms with E-state index in [0.717, 1.165) is 19.3 Å². The summed E-state index contributed by atoms with van der Waals surface area (Å²) in [5, 5.41) is 3.19. The molecule has 2 N–H and O–H groups in total. The summed E-state index contributed by atoms with van der Waals surface area (Å²) in [7, 11) is -3.51. The molecule has 35 heavy (non-hydrogen) atoms. The van der Waals surface area contributed by atoms with Crippen LogP contribution in [0, 0.1) is 0 Å². The minimum Gasteiger partial charge on any atom is -0.353 e. The van der Waals surface area contributed by atoms with E-state index in [1.54, 1.807) is 24.3 Å². The van der Waals surface area contributed by atoms with Crippen LogP contribution >= 0.6 is 0 Å². The Hall–Kier alpha value is -3.45. The molecule has 0 aromatic heterocycles. The van der Waals surface area contributed by atoms with Gasteiger partial charge in [0.15, 0.2) is 0 Å². The summed E-state index contributed by atoms with van der Waals surface area (Å²) in [5.41, 5.74) is 2.97. The number of amides is 1. The van der Waals surface area contributed by atoms with Crippen molar-refractivity contribution in [2.24, 2.45) is 4.99 Å². The second-order valence-corrected chi connectivity index (χ2v) is 10.4. The summed E-state index contributed by atoms with van der Waals surface area (Å²) in [6, 6.07) is 27.3. The number of nitrogens with one attached hydrogen (secondary N) is 2. The Morgan fingerprint density at radius 3 is 2.11 bits per heavy atom. The van der Waals surface area contributed by atoms with E-state index < -0.39 is 10.0 Å². The van der Waals surface area contributed by atoms with Crippen LogP contribution in [0.5, 0.6) is 0 Å². The maximum atomic E-state index is 12.7. The quantitative estimate of drug-likeness (QED) is 0.407. The molecule has 0 saturated carbocycles. The van der Waals surface area contributed by atoms with Crippen molar-refractivity contribution in [3.05, 3.63) is 102 Å². The van der Waals surface area contributed by atoms with Crippen molar-refractivity contribution in [1.82, 2.24) is 10.0 Å². The summed E-state index contributed by atoms with van der Waals surface area (Å²) < 4.78 is 26.8. The van der Waals surface area contributed by atoms with Crippen molar-refractivity contribution >= 4 is 21.8 Å². The van der Waals surface area contributed by atoms with E-state index in [1.807, 2.05) is 36.4 Å². The van der Waals surface area contributed by atoms with Crippen molar-refractivity contribution in [3.63, 3.8) is 0 Å². The van der Waals surface area contributed by atoms with Gasteiger partial charge in [0.25, 0.3) is 10.0 Å². The Balaban J connectivity index is 1.25. The van der Waals surface area contributed by atoms with E-state index in [2.05, 4.69) is 46.2 Å². The van der Waals surface area contributed by atoms with Gasteiger partial charge in [0.05, 0.1) is 4.90 Å². The van der Waals surface area contributed by atoms with E-state index in [4.69, 9.17) is 0 Å². The SMILES string of the molecule is CC(NC(=O)CCCCCN=C1NS(=O)(=O)c2ccccc21)C(c1ccccc1)c1ccccc1. The van der Waals surface area contributed by atoms with Crippen LogP contribution in [-0.4, -0.2) is 32.7 Å². The second-order valence-electron chi connectivity index (χ2n) is 8.80. The molecule has 0 aliphatic carbocycles. The highest BCUT2D eigenvalue weighted by Gasteiger charge is 2.29. The van der Waals surface area contributed by atoms with Crippen molar-refractivity contribution < 1.29 is 13.2 Å². The lowest BCUT2D eigenvalue weighted by atomic mass is 9.85. The molecule has 3 aromatic rings. The fraction of sp³-hybridized carbons (Fsp3) is 0.286. The number of nitrogens with zero attached hydrogens (tertiary/aromatic N) is 1. The lowest BCUT2D eigenvalue weighted by Crippen LogP contribution is -2.37. The minimum absolute atomic E-state index is 0.0400. The van der Waals surface area contributed by atoms with Gasteiger partial charge in [-0.25, -0.2) is 8.42 Å². The molecule has 1 atom stereocenters. The number of benzene rings is 3. The first-order valence-corrected chi connectivity index (χ1v) is 13.5. The number of carbonyl (C=O) groups is 1. The molecule has 7 heteroatoms. The van der Waals surface area contributed by atoms with Gasteiger partial charge in [0, 0.05) is 30.5 Å². The molecule has 0 bridgehead atoms. The smallest absolute Gasteiger partial charge is 0.263 e. The van der Waals surface area contributed by atoms with Gasteiger partial charge in [-0.05, 0) is 43.0 Å². The molecule has 0 spiro atoms. The van der Waals surface area contributed by atoms with Crippen LogP contribution in [0.15, 0.2) is 94.8 Å².